The fourth-order valence-electron chi connectivity index (χ4n) is 3.53. The summed E-state index contributed by atoms with van der Waals surface area (Å²) in [5.74, 6) is 0. The minimum Gasteiger partial charge on any atom is -0.411 e. The van der Waals surface area contributed by atoms with E-state index in [0.29, 0.717) is 6.04 Å². The Kier molecular flexibility index (Phi) is 5.80. The first-order valence-corrected chi connectivity index (χ1v) is 8.25. The van der Waals surface area contributed by atoms with Gasteiger partial charge in [0.15, 0.2) is 0 Å². The molecule has 3 nitrogen and oxygen atoms in total. The molecule has 2 rings (SSSR count). The van der Waals surface area contributed by atoms with Crippen LogP contribution in [0.2, 0.25) is 0 Å². The number of benzene rings is 1. The Bertz CT molecular complexity index is 490. The van der Waals surface area contributed by atoms with Gasteiger partial charge < -0.3 is 10.1 Å². The van der Waals surface area contributed by atoms with E-state index in [-0.39, 0.29) is 0 Å². The van der Waals surface area contributed by atoms with E-state index in [9.17, 15) is 0 Å². The lowest BCUT2D eigenvalue weighted by atomic mass is 9.83. The summed E-state index contributed by atoms with van der Waals surface area (Å²) in [6.07, 6.45) is 5.88. The fraction of sp³-hybridized carbons (Fsp3) is 0.611. The highest BCUT2D eigenvalue weighted by atomic mass is 16.4. The third-order valence-electron chi connectivity index (χ3n) is 4.54. The average Bonchev–Trinajstić information content (AvgIpc) is 2.53. The molecule has 0 heterocycles. The van der Waals surface area contributed by atoms with Crippen molar-refractivity contribution in [2.75, 3.05) is 13.1 Å². The second-order valence-corrected chi connectivity index (χ2v) is 6.06. The van der Waals surface area contributed by atoms with E-state index in [0.717, 1.165) is 24.1 Å². The van der Waals surface area contributed by atoms with Gasteiger partial charge in [0, 0.05) is 11.6 Å². The van der Waals surface area contributed by atoms with E-state index in [1.54, 1.807) is 0 Å². The third kappa shape index (κ3) is 3.65. The SMILES string of the molecule is CCCN(CCC)C1CCc2cccc(C(C)=NO)c2C1. The van der Waals surface area contributed by atoms with E-state index in [4.69, 9.17) is 5.21 Å². The molecular weight excluding hydrogens is 260 g/mol. The van der Waals surface area contributed by atoms with Crippen molar-refractivity contribution in [2.24, 2.45) is 5.16 Å². The second kappa shape index (κ2) is 7.60. The molecule has 0 aromatic heterocycles. The topological polar surface area (TPSA) is 35.8 Å². The molecule has 0 saturated heterocycles. The summed E-state index contributed by atoms with van der Waals surface area (Å²) in [5.41, 5.74) is 4.67. The number of fused-ring (bicyclic) bond motifs is 1. The zero-order valence-corrected chi connectivity index (χ0v) is 13.6. The van der Waals surface area contributed by atoms with Crippen molar-refractivity contribution >= 4 is 5.71 Å². The van der Waals surface area contributed by atoms with Crippen molar-refractivity contribution in [1.82, 2.24) is 4.90 Å². The van der Waals surface area contributed by atoms with E-state index in [1.165, 1.54) is 43.5 Å². The average molecular weight is 288 g/mol. The van der Waals surface area contributed by atoms with Gasteiger partial charge >= 0.3 is 0 Å². The Hall–Kier alpha value is -1.35. The molecule has 0 radical (unpaired) electrons. The largest absolute Gasteiger partial charge is 0.411 e. The molecule has 0 amide bonds. The summed E-state index contributed by atoms with van der Waals surface area (Å²) >= 11 is 0. The van der Waals surface area contributed by atoms with Crippen molar-refractivity contribution in [1.29, 1.82) is 0 Å². The molecule has 1 unspecified atom stereocenters. The summed E-state index contributed by atoms with van der Waals surface area (Å²) in [6, 6.07) is 7.02. The zero-order valence-electron chi connectivity index (χ0n) is 13.6. The standard InChI is InChI=1S/C18H28N2O/c1-4-11-20(12-5-2)16-10-9-15-7-6-8-17(14(3)19-21)18(15)13-16/h6-8,16,21H,4-5,9-13H2,1-3H3. The van der Waals surface area contributed by atoms with Gasteiger partial charge in [-0.25, -0.2) is 0 Å². The van der Waals surface area contributed by atoms with Crippen LogP contribution in [0.25, 0.3) is 0 Å². The molecule has 3 heteroatoms. The minimum atomic E-state index is 0.630. The molecule has 1 aromatic carbocycles. The highest BCUT2D eigenvalue weighted by molar-refractivity contribution is 5.99. The highest BCUT2D eigenvalue weighted by Crippen LogP contribution is 2.28. The first kappa shape index (κ1) is 16.0. The van der Waals surface area contributed by atoms with Crippen LogP contribution in [0, 0.1) is 0 Å². The molecule has 1 aliphatic rings. The lowest BCUT2D eigenvalue weighted by Gasteiger charge is -2.35. The monoisotopic (exact) mass is 288 g/mol. The zero-order chi connectivity index (χ0) is 15.2. The molecule has 0 saturated carbocycles. The Labute approximate surface area is 128 Å². The molecule has 0 aliphatic heterocycles. The molecule has 1 aromatic rings. The lowest BCUT2D eigenvalue weighted by Crippen LogP contribution is -2.40. The van der Waals surface area contributed by atoms with Crippen molar-refractivity contribution in [3.05, 3.63) is 34.9 Å². The van der Waals surface area contributed by atoms with Crippen LogP contribution in [0.3, 0.4) is 0 Å². The van der Waals surface area contributed by atoms with Crippen molar-refractivity contribution in [2.45, 2.75) is 58.9 Å². The van der Waals surface area contributed by atoms with Gasteiger partial charge in [0.2, 0.25) is 0 Å². The van der Waals surface area contributed by atoms with Gasteiger partial charge in [-0.3, -0.25) is 0 Å². The fourth-order valence-corrected chi connectivity index (χ4v) is 3.53. The van der Waals surface area contributed by atoms with Gasteiger partial charge in [-0.1, -0.05) is 37.2 Å². The summed E-state index contributed by atoms with van der Waals surface area (Å²) in [6.45, 7) is 8.77. The lowest BCUT2D eigenvalue weighted by molar-refractivity contribution is 0.180. The predicted octanol–water partition coefficient (Wildman–Crippen LogP) is 3.86. The molecule has 21 heavy (non-hydrogen) atoms. The predicted molar refractivity (Wildman–Crippen MR) is 88.4 cm³/mol. The van der Waals surface area contributed by atoms with Crippen LogP contribution in [0.5, 0.6) is 0 Å². The van der Waals surface area contributed by atoms with Gasteiger partial charge in [0.1, 0.15) is 0 Å². The van der Waals surface area contributed by atoms with E-state index >= 15 is 0 Å². The summed E-state index contributed by atoms with van der Waals surface area (Å²) in [5, 5.41) is 12.5. The molecule has 116 valence electrons. The molecule has 0 bridgehead atoms. The van der Waals surface area contributed by atoms with E-state index in [2.05, 4.69) is 42.1 Å². The van der Waals surface area contributed by atoms with Crippen molar-refractivity contribution in [3.8, 4) is 0 Å². The molecule has 1 N–H and O–H groups in total. The van der Waals surface area contributed by atoms with Crippen LogP contribution >= 0.6 is 0 Å². The maximum atomic E-state index is 9.11. The molecule has 0 spiro atoms. The normalized spacial score (nSPS) is 18.9. The summed E-state index contributed by atoms with van der Waals surface area (Å²) in [7, 11) is 0. The minimum absolute atomic E-state index is 0.630. The molecule has 1 atom stereocenters. The number of rotatable bonds is 6. The number of nitrogens with zero attached hydrogens (tertiary/aromatic N) is 2. The number of hydrogen-bond acceptors (Lipinski definition) is 3. The molecule has 0 fully saturated rings. The maximum absolute atomic E-state index is 9.11. The van der Waals surface area contributed by atoms with Crippen LogP contribution in [-0.2, 0) is 12.8 Å². The quantitative estimate of drug-likeness (QED) is 0.490. The molecular formula is C18H28N2O. The van der Waals surface area contributed by atoms with Crippen LogP contribution < -0.4 is 0 Å². The van der Waals surface area contributed by atoms with E-state index in [1.807, 2.05) is 6.92 Å². The first-order valence-electron chi connectivity index (χ1n) is 8.25. The van der Waals surface area contributed by atoms with Crippen LogP contribution in [0.15, 0.2) is 23.4 Å². The van der Waals surface area contributed by atoms with Gasteiger partial charge in [0.05, 0.1) is 5.71 Å². The Morgan fingerprint density at radius 3 is 2.62 bits per heavy atom. The van der Waals surface area contributed by atoms with Gasteiger partial charge in [-0.2, -0.15) is 0 Å². The third-order valence-corrected chi connectivity index (χ3v) is 4.54. The van der Waals surface area contributed by atoms with Gasteiger partial charge in [-0.05, 0) is 63.2 Å². The van der Waals surface area contributed by atoms with Crippen molar-refractivity contribution in [3.63, 3.8) is 0 Å². The summed E-state index contributed by atoms with van der Waals surface area (Å²) < 4.78 is 0. The number of oxime groups is 1. The second-order valence-electron chi connectivity index (χ2n) is 6.06. The van der Waals surface area contributed by atoms with Crippen LogP contribution in [-0.4, -0.2) is 35.0 Å². The maximum Gasteiger partial charge on any atom is 0.0839 e. The van der Waals surface area contributed by atoms with Crippen LogP contribution in [0.4, 0.5) is 0 Å². The number of hydrogen-bond donors (Lipinski definition) is 1. The Balaban J connectivity index is 2.25. The number of aryl methyl sites for hydroxylation is 1. The first-order chi connectivity index (χ1) is 10.2. The Morgan fingerprint density at radius 1 is 1.29 bits per heavy atom. The summed E-state index contributed by atoms with van der Waals surface area (Å²) in [4.78, 5) is 2.64. The molecule has 1 aliphatic carbocycles. The van der Waals surface area contributed by atoms with Gasteiger partial charge in [0.25, 0.3) is 0 Å². The highest BCUT2D eigenvalue weighted by Gasteiger charge is 2.25. The van der Waals surface area contributed by atoms with Crippen molar-refractivity contribution < 1.29 is 5.21 Å². The van der Waals surface area contributed by atoms with Gasteiger partial charge in [-0.15, -0.1) is 0 Å². The van der Waals surface area contributed by atoms with E-state index < -0.39 is 0 Å². The smallest absolute Gasteiger partial charge is 0.0839 e. The Morgan fingerprint density at radius 2 is 2.00 bits per heavy atom. The van der Waals surface area contributed by atoms with Crippen LogP contribution in [0.1, 0.15) is 56.7 Å².